The molecule has 2 N–H and O–H groups in total. The van der Waals surface area contributed by atoms with Gasteiger partial charge in [0.1, 0.15) is 5.75 Å². The molecular weight excluding hydrogens is 372 g/mol. The van der Waals surface area contributed by atoms with E-state index >= 15 is 0 Å². The van der Waals surface area contributed by atoms with Crippen molar-refractivity contribution in [2.75, 3.05) is 0 Å². The Bertz CT molecular complexity index is 885. The third kappa shape index (κ3) is 4.91. The number of aryl methyl sites for hydroxylation is 1. The van der Waals surface area contributed by atoms with Gasteiger partial charge in [0.2, 0.25) is 6.21 Å². The lowest BCUT2D eigenvalue weighted by Gasteiger charge is -2.28. The van der Waals surface area contributed by atoms with Crippen LogP contribution in [0.15, 0.2) is 28.8 Å². The summed E-state index contributed by atoms with van der Waals surface area (Å²) >= 11 is 0. The van der Waals surface area contributed by atoms with Crippen molar-refractivity contribution >= 4 is 18.0 Å². The van der Waals surface area contributed by atoms with Crippen molar-refractivity contribution in [1.29, 1.82) is 0 Å². The summed E-state index contributed by atoms with van der Waals surface area (Å²) in [5.74, 6) is 0.494. The van der Waals surface area contributed by atoms with E-state index in [2.05, 4.69) is 5.16 Å². The first-order valence-corrected chi connectivity index (χ1v) is 9.92. The summed E-state index contributed by atoms with van der Waals surface area (Å²) in [6.45, 7) is 5.42. The van der Waals surface area contributed by atoms with Crippen molar-refractivity contribution < 1.29 is 29.0 Å². The van der Waals surface area contributed by atoms with Crippen molar-refractivity contribution in [2.24, 2.45) is 5.92 Å². The van der Waals surface area contributed by atoms with E-state index < -0.39 is 0 Å². The van der Waals surface area contributed by atoms with E-state index in [4.69, 9.17) is 19.4 Å². The largest absolute Gasteiger partial charge is 0.490 e. The Hall–Kier alpha value is -2.96. The van der Waals surface area contributed by atoms with Gasteiger partial charge in [-0.25, -0.2) is 0 Å². The number of Topliss-reactive ketones (excluding diaryl/α,β-unsaturated/α-hetero) is 1. The number of benzene rings is 1. The first kappa shape index (κ1) is 20.8. The van der Waals surface area contributed by atoms with E-state index in [1.165, 1.54) is 0 Å². The standard InChI is InChI=1S/C22H26N2O5/c1-13(2)27-22(26)16-5-4-6-18(11-16)28-17-9-7-15(8-10-17)21-20(19(25)12-23)14(3)24-29-21/h7-10,12-13,16,18,23H,4-6,11H2,1-3H3/p+1/t16-,18-/m0/s1. The highest BCUT2D eigenvalue weighted by atomic mass is 16.5. The maximum absolute atomic E-state index is 12.2. The van der Waals surface area contributed by atoms with Crippen molar-refractivity contribution in [3.8, 4) is 17.1 Å². The van der Waals surface area contributed by atoms with Gasteiger partial charge in [-0.2, -0.15) is 0 Å². The van der Waals surface area contributed by atoms with Crippen LogP contribution in [0.25, 0.3) is 11.3 Å². The summed E-state index contributed by atoms with van der Waals surface area (Å²) < 4.78 is 16.8. The van der Waals surface area contributed by atoms with Crippen LogP contribution in [0, 0.1) is 12.8 Å². The van der Waals surface area contributed by atoms with Crippen LogP contribution in [0.5, 0.6) is 5.75 Å². The van der Waals surface area contributed by atoms with Crippen LogP contribution in [0.1, 0.15) is 55.6 Å². The molecule has 0 bridgehead atoms. The minimum Gasteiger partial charge on any atom is -0.490 e. The number of esters is 1. The Kier molecular flexibility index (Phi) is 6.46. The van der Waals surface area contributed by atoms with E-state index in [9.17, 15) is 9.59 Å². The fourth-order valence-corrected chi connectivity index (χ4v) is 3.61. The number of aromatic nitrogens is 1. The van der Waals surface area contributed by atoms with Crippen LogP contribution in [-0.4, -0.2) is 35.3 Å². The lowest BCUT2D eigenvalue weighted by molar-refractivity contribution is -0.154. The fraction of sp³-hybridized carbons (Fsp3) is 0.455. The zero-order valence-electron chi connectivity index (χ0n) is 17.0. The van der Waals surface area contributed by atoms with Gasteiger partial charge < -0.3 is 14.0 Å². The maximum atomic E-state index is 12.2. The molecule has 1 fully saturated rings. The molecule has 1 aliphatic carbocycles. The first-order valence-electron chi connectivity index (χ1n) is 9.92. The number of hydrogen-bond donors (Lipinski definition) is 1. The highest BCUT2D eigenvalue weighted by molar-refractivity contribution is 6.35. The molecule has 1 aromatic carbocycles. The number of ether oxygens (including phenoxy) is 2. The van der Waals surface area contributed by atoms with E-state index in [0.29, 0.717) is 34.8 Å². The first-order chi connectivity index (χ1) is 13.9. The van der Waals surface area contributed by atoms with Gasteiger partial charge in [-0.3, -0.25) is 15.0 Å². The summed E-state index contributed by atoms with van der Waals surface area (Å²) in [6, 6.07) is 7.28. The van der Waals surface area contributed by atoms with Crippen molar-refractivity contribution in [3.63, 3.8) is 0 Å². The SMILES string of the molecule is Cc1noc(-c2ccc(O[C@H]3CCC[C@H](C(=O)OC(C)C)C3)cc2)c1C(=O)C=[NH2+]. The molecule has 0 saturated heterocycles. The number of ketones is 1. The number of carbonyl (C=O) groups is 2. The van der Waals surface area contributed by atoms with Gasteiger partial charge in [-0.15, -0.1) is 0 Å². The summed E-state index contributed by atoms with van der Waals surface area (Å²) in [4.78, 5) is 24.2. The van der Waals surface area contributed by atoms with Crippen molar-refractivity contribution in [3.05, 3.63) is 35.5 Å². The second kappa shape index (κ2) is 9.03. The molecule has 7 nitrogen and oxygen atoms in total. The average molecular weight is 399 g/mol. The number of hydrogen-bond acceptors (Lipinski definition) is 6. The van der Waals surface area contributed by atoms with Gasteiger partial charge in [0.25, 0.3) is 5.78 Å². The number of nitrogens with two attached hydrogens (primary N) is 1. The van der Waals surface area contributed by atoms with Gasteiger partial charge in [0.15, 0.2) is 5.76 Å². The highest BCUT2D eigenvalue weighted by Crippen LogP contribution is 2.31. The molecule has 0 spiro atoms. The lowest BCUT2D eigenvalue weighted by atomic mass is 9.87. The molecule has 1 aliphatic rings. The van der Waals surface area contributed by atoms with Crippen LogP contribution < -0.4 is 10.1 Å². The van der Waals surface area contributed by atoms with Crippen molar-refractivity contribution in [1.82, 2.24) is 5.16 Å². The maximum Gasteiger partial charge on any atom is 0.309 e. The monoisotopic (exact) mass is 399 g/mol. The smallest absolute Gasteiger partial charge is 0.309 e. The second-order valence-electron chi connectivity index (χ2n) is 7.62. The van der Waals surface area contributed by atoms with E-state index in [1.54, 1.807) is 6.92 Å². The molecule has 0 amide bonds. The topological polar surface area (TPSA) is 104 Å². The number of carbonyl (C=O) groups excluding carboxylic acids is 2. The van der Waals surface area contributed by atoms with Gasteiger partial charge in [0, 0.05) is 5.56 Å². The number of rotatable bonds is 7. The predicted molar refractivity (Wildman–Crippen MR) is 107 cm³/mol. The second-order valence-corrected chi connectivity index (χ2v) is 7.62. The molecule has 7 heteroatoms. The van der Waals surface area contributed by atoms with Gasteiger partial charge >= 0.3 is 5.97 Å². The van der Waals surface area contributed by atoms with Crippen LogP contribution in [-0.2, 0) is 9.53 Å². The Labute approximate surface area is 169 Å². The van der Waals surface area contributed by atoms with Crippen LogP contribution >= 0.6 is 0 Å². The molecular formula is C22H27N2O5+. The quantitative estimate of drug-likeness (QED) is 0.436. The molecule has 154 valence electrons. The van der Waals surface area contributed by atoms with E-state index in [1.807, 2.05) is 38.1 Å². The Morgan fingerprint density at radius 2 is 1.97 bits per heavy atom. The zero-order valence-corrected chi connectivity index (χ0v) is 17.0. The Morgan fingerprint density at radius 3 is 2.62 bits per heavy atom. The molecule has 29 heavy (non-hydrogen) atoms. The molecule has 3 rings (SSSR count). The molecule has 1 aromatic heterocycles. The lowest BCUT2D eigenvalue weighted by Crippen LogP contribution is -2.34. The minimum atomic E-state index is -0.333. The third-order valence-electron chi connectivity index (χ3n) is 4.99. The van der Waals surface area contributed by atoms with Crippen LogP contribution in [0.4, 0.5) is 0 Å². The Balaban J connectivity index is 1.68. The molecule has 2 aromatic rings. The van der Waals surface area contributed by atoms with Crippen LogP contribution in [0.3, 0.4) is 0 Å². The molecule has 1 saturated carbocycles. The van der Waals surface area contributed by atoms with Gasteiger partial charge in [-0.05, 0) is 70.7 Å². The summed E-state index contributed by atoms with van der Waals surface area (Å²) in [5.41, 5.74) is 1.57. The normalized spacial score (nSPS) is 19.0. The van der Waals surface area contributed by atoms with E-state index in [-0.39, 0.29) is 29.9 Å². The zero-order chi connectivity index (χ0) is 21.0. The molecule has 1 heterocycles. The highest BCUT2D eigenvalue weighted by Gasteiger charge is 2.30. The molecule has 0 unspecified atom stereocenters. The number of nitrogens with zero attached hydrogens (tertiary/aromatic N) is 1. The van der Waals surface area contributed by atoms with E-state index in [0.717, 1.165) is 25.5 Å². The van der Waals surface area contributed by atoms with Crippen molar-refractivity contribution in [2.45, 2.75) is 58.7 Å². The molecule has 0 radical (unpaired) electrons. The fourth-order valence-electron chi connectivity index (χ4n) is 3.61. The average Bonchev–Trinajstić information content (AvgIpc) is 3.09. The van der Waals surface area contributed by atoms with Gasteiger partial charge in [0.05, 0.1) is 29.4 Å². The third-order valence-corrected chi connectivity index (χ3v) is 4.99. The summed E-state index contributed by atoms with van der Waals surface area (Å²) in [6.07, 6.45) is 4.19. The Morgan fingerprint density at radius 1 is 1.24 bits per heavy atom. The molecule has 0 aliphatic heterocycles. The van der Waals surface area contributed by atoms with Gasteiger partial charge in [-0.1, -0.05) is 5.16 Å². The summed E-state index contributed by atoms with van der Waals surface area (Å²) in [5, 5.41) is 9.25. The minimum absolute atomic E-state index is 0.0317. The summed E-state index contributed by atoms with van der Waals surface area (Å²) in [7, 11) is 0. The predicted octanol–water partition coefficient (Wildman–Crippen LogP) is 2.55. The van der Waals surface area contributed by atoms with Crippen LogP contribution in [0.2, 0.25) is 0 Å². The molecule has 2 atom stereocenters.